The molecule has 2 aromatic carbocycles. The lowest BCUT2D eigenvalue weighted by atomic mass is 9.78. The molecule has 0 amide bonds. The zero-order valence-corrected chi connectivity index (χ0v) is 20.9. The molecule has 176 valence electrons. The van der Waals surface area contributed by atoms with E-state index in [1.807, 2.05) is 43.3 Å². The molecule has 0 aliphatic carbocycles. The monoisotopic (exact) mass is 502 g/mol. The maximum atomic E-state index is 11.1. The minimum atomic E-state index is -0.599. The van der Waals surface area contributed by atoms with Crippen molar-refractivity contribution in [3.63, 3.8) is 0 Å². The van der Waals surface area contributed by atoms with Crippen LogP contribution in [0.1, 0.15) is 38.8 Å². The SMILES string of the molecule is CC(=O)O[C@H](CCl)COc1c(Cl)cc(C(C)(C)c2ccc(OC[C@H](C)CO)cc2)cc1Cl. The molecule has 8 heteroatoms. The molecule has 1 N–H and O–H groups in total. The van der Waals surface area contributed by atoms with E-state index in [2.05, 4.69) is 13.8 Å². The van der Waals surface area contributed by atoms with E-state index in [0.29, 0.717) is 22.4 Å². The van der Waals surface area contributed by atoms with Crippen LogP contribution in [0.5, 0.6) is 11.5 Å². The zero-order chi connectivity index (χ0) is 23.9. The van der Waals surface area contributed by atoms with Gasteiger partial charge >= 0.3 is 5.97 Å². The molecule has 0 fully saturated rings. The number of rotatable bonds is 11. The Kier molecular flexibility index (Phi) is 9.96. The van der Waals surface area contributed by atoms with Gasteiger partial charge in [-0.05, 0) is 35.4 Å². The number of halogens is 3. The highest BCUT2D eigenvalue weighted by molar-refractivity contribution is 6.37. The van der Waals surface area contributed by atoms with Crippen LogP contribution in [0.3, 0.4) is 0 Å². The first kappa shape index (κ1) is 26.6. The van der Waals surface area contributed by atoms with Gasteiger partial charge in [0.2, 0.25) is 0 Å². The van der Waals surface area contributed by atoms with Crippen LogP contribution < -0.4 is 9.47 Å². The van der Waals surface area contributed by atoms with Crippen molar-refractivity contribution in [2.45, 2.75) is 39.2 Å². The van der Waals surface area contributed by atoms with Crippen molar-refractivity contribution >= 4 is 40.8 Å². The van der Waals surface area contributed by atoms with E-state index in [1.165, 1.54) is 6.92 Å². The van der Waals surface area contributed by atoms with Gasteiger partial charge in [0, 0.05) is 24.9 Å². The predicted molar refractivity (Wildman–Crippen MR) is 129 cm³/mol. The maximum Gasteiger partial charge on any atom is 0.303 e. The molecule has 2 aromatic rings. The average molecular weight is 504 g/mol. The lowest BCUT2D eigenvalue weighted by Gasteiger charge is -2.27. The largest absolute Gasteiger partial charge is 0.493 e. The van der Waals surface area contributed by atoms with E-state index in [0.717, 1.165) is 16.9 Å². The summed E-state index contributed by atoms with van der Waals surface area (Å²) in [7, 11) is 0. The van der Waals surface area contributed by atoms with Crippen molar-refractivity contribution in [2.24, 2.45) is 5.92 Å². The van der Waals surface area contributed by atoms with Crippen LogP contribution in [-0.4, -0.2) is 42.9 Å². The minimum Gasteiger partial charge on any atom is -0.493 e. The lowest BCUT2D eigenvalue weighted by molar-refractivity contribution is -0.146. The Morgan fingerprint density at radius 2 is 1.62 bits per heavy atom. The van der Waals surface area contributed by atoms with E-state index in [1.54, 1.807) is 0 Å². The van der Waals surface area contributed by atoms with Crippen molar-refractivity contribution in [3.8, 4) is 11.5 Å². The summed E-state index contributed by atoms with van der Waals surface area (Å²) in [5, 5.41) is 9.84. The van der Waals surface area contributed by atoms with E-state index >= 15 is 0 Å². The average Bonchev–Trinajstić information content (AvgIpc) is 2.75. The summed E-state index contributed by atoms with van der Waals surface area (Å²) in [6.07, 6.45) is -0.599. The Labute approximate surface area is 204 Å². The third kappa shape index (κ3) is 7.17. The van der Waals surface area contributed by atoms with E-state index in [4.69, 9.17) is 54.1 Å². The molecule has 0 aliphatic rings. The van der Waals surface area contributed by atoms with Crippen molar-refractivity contribution < 1.29 is 24.1 Å². The van der Waals surface area contributed by atoms with Gasteiger partial charge in [-0.3, -0.25) is 4.79 Å². The normalized spacial score (nSPS) is 13.4. The quantitative estimate of drug-likeness (QED) is 0.307. The summed E-state index contributed by atoms with van der Waals surface area (Å²) < 4.78 is 16.5. The van der Waals surface area contributed by atoms with Crippen LogP contribution in [-0.2, 0) is 14.9 Å². The highest BCUT2D eigenvalue weighted by atomic mass is 35.5. The zero-order valence-electron chi connectivity index (χ0n) is 18.7. The van der Waals surface area contributed by atoms with Gasteiger partial charge in [0.15, 0.2) is 5.75 Å². The van der Waals surface area contributed by atoms with Crippen molar-refractivity contribution in [2.75, 3.05) is 25.7 Å². The second-order valence-corrected chi connectivity index (χ2v) is 9.34. The van der Waals surface area contributed by atoms with Crippen LogP contribution in [0, 0.1) is 5.92 Å². The number of hydrogen-bond donors (Lipinski definition) is 1. The van der Waals surface area contributed by atoms with Gasteiger partial charge < -0.3 is 19.3 Å². The standard InChI is InChI=1S/C24H29Cl3O5/c1-15(12-28)13-30-19-7-5-17(6-8-19)24(3,4)18-9-21(26)23(22(27)10-18)31-14-20(11-25)32-16(2)29/h5-10,15,20,28H,11-14H2,1-4H3/t15-,20-/m1/s1. The fourth-order valence-electron chi connectivity index (χ4n) is 3.01. The van der Waals surface area contributed by atoms with Crippen LogP contribution in [0.15, 0.2) is 36.4 Å². The number of esters is 1. The minimum absolute atomic E-state index is 0.0433. The summed E-state index contributed by atoms with van der Waals surface area (Å²) in [5.41, 5.74) is 1.58. The number of alkyl halides is 1. The number of hydrogen-bond acceptors (Lipinski definition) is 5. The molecular weight excluding hydrogens is 475 g/mol. The van der Waals surface area contributed by atoms with Gasteiger partial charge in [-0.1, -0.05) is 56.1 Å². The third-order valence-electron chi connectivity index (χ3n) is 5.06. The number of carbonyl (C=O) groups is 1. The molecule has 5 nitrogen and oxygen atoms in total. The van der Waals surface area contributed by atoms with Gasteiger partial charge in [-0.25, -0.2) is 0 Å². The number of aliphatic hydroxyl groups is 1. The van der Waals surface area contributed by atoms with Crippen molar-refractivity contribution in [1.29, 1.82) is 0 Å². The van der Waals surface area contributed by atoms with E-state index in [-0.39, 0.29) is 30.4 Å². The summed E-state index contributed by atoms with van der Waals surface area (Å²) in [4.78, 5) is 11.1. The fourth-order valence-corrected chi connectivity index (χ4v) is 3.75. The molecule has 0 saturated heterocycles. The molecule has 0 aliphatic heterocycles. The van der Waals surface area contributed by atoms with Crippen molar-refractivity contribution in [1.82, 2.24) is 0 Å². The summed E-state index contributed by atoms with van der Waals surface area (Å²) in [6, 6.07) is 11.4. The van der Waals surface area contributed by atoms with Gasteiger partial charge in [0.25, 0.3) is 0 Å². The Hall–Kier alpha value is -1.66. The summed E-state index contributed by atoms with van der Waals surface area (Å²) in [5.74, 6) is 0.791. The third-order valence-corrected chi connectivity index (χ3v) is 5.97. The molecule has 32 heavy (non-hydrogen) atoms. The fraction of sp³-hybridized carbons (Fsp3) is 0.458. The molecule has 2 atom stereocenters. The molecule has 0 unspecified atom stereocenters. The smallest absolute Gasteiger partial charge is 0.303 e. The van der Waals surface area contributed by atoms with Crippen LogP contribution >= 0.6 is 34.8 Å². The van der Waals surface area contributed by atoms with Crippen LogP contribution in [0.2, 0.25) is 10.0 Å². The second kappa shape index (κ2) is 12.0. The Morgan fingerprint density at radius 1 is 1.03 bits per heavy atom. The molecule has 0 aromatic heterocycles. The van der Waals surface area contributed by atoms with Crippen LogP contribution in [0.4, 0.5) is 0 Å². The first-order valence-electron chi connectivity index (χ1n) is 10.3. The van der Waals surface area contributed by atoms with Gasteiger partial charge in [-0.15, -0.1) is 11.6 Å². The summed E-state index contributed by atoms with van der Waals surface area (Å²) >= 11 is 18.8. The highest BCUT2D eigenvalue weighted by Crippen LogP contribution is 2.40. The van der Waals surface area contributed by atoms with E-state index in [9.17, 15) is 4.79 Å². The first-order valence-corrected chi connectivity index (χ1v) is 11.6. The second-order valence-electron chi connectivity index (χ2n) is 8.21. The topological polar surface area (TPSA) is 65.0 Å². The first-order chi connectivity index (χ1) is 15.1. The van der Waals surface area contributed by atoms with Crippen molar-refractivity contribution in [3.05, 3.63) is 57.6 Å². The lowest BCUT2D eigenvalue weighted by Crippen LogP contribution is -2.26. The molecule has 0 bridgehead atoms. The Bertz CT molecular complexity index is 876. The van der Waals surface area contributed by atoms with E-state index < -0.39 is 12.1 Å². The summed E-state index contributed by atoms with van der Waals surface area (Å²) in [6.45, 7) is 7.96. The molecule has 0 heterocycles. The Balaban J connectivity index is 2.17. The number of aliphatic hydroxyl groups excluding tert-OH is 1. The van der Waals surface area contributed by atoms with Gasteiger partial charge in [-0.2, -0.15) is 0 Å². The Morgan fingerprint density at radius 3 is 2.12 bits per heavy atom. The highest BCUT2D eigenvalue weighted by Gasteiger charge is 2.26. The maximum absolute atomic E-state index is 11.1. The molecule has 0 spiro atoms. The van der Waals surface area contributed by atoms with Gasteiger partial charge in [0.05, 0.1) is 22.5 Å². The molecule has 0 radical (unpaired) electrons. The molecular formula is C24H29Cl3O5. The van der Waals surface area contributed by atoms with Gasteiger partial charge in [0.1, 0.15) is 18.5 Å². The number of ether oxygens (including phenoxy) is 3. The molecule has 0 saturated carbocycles. The molecule has 2 rings (SSSR count). The number of benzene rings is 2. The van der Waals surface area contributed by atoms with Crippen LogP contribution in [0.25, 0.3) is 0 Å². The number of carbonyl (C=O) groups excluding carboxylic acids is 1. The predicted octanol–water partition coefficient (Wildman–Crippen LogP) is 5.88.